The number of methoxy groups -OCH3 is 1. The molecule has 0 N–H and O–H groups in total. The zero-order valence-corrected chi connectivity index (χ0v) is 12.7. The molecule has 1 saturated heterocycles. The van der Waals surface area contributed by atoms with E-state index in [0.717, 1.165) is 0 Å². The minimum atomic E-state index is -0.561. The third kappa shape index (κ3) is 3.41. The van der Waals surface area contributed by atoms with Crippen molar-refractivity contribution in [2.75, 3.05) is 31.6 Å². The van der Waals surface area contributed by atoms with Gasteiger partial charge in [-0.3, -0.25) is 9.59 Å². The van der Waals surface area contributed by atoms with Crippen molar-refractivity contribution in [2.24, 2.45) is 5.92 Å². The summed E-state index contributed by atoms with van der Waals surface area (Å²) in [7, 11) is 1.52. The van der Waals surface area contributed by atoms with Crippen LogP contribution in [0, 0.1) is 28.6 Å². The first kappa shape index (κ1) is 16.3. The van der Waals surface area contributed by atoms with Gasteiger partial charge in [0.1, 0.15) is 18.8 Å². The highest BCUT2D eigenvalue weighted by Gasteiger charge is 2.38. The second-order valence-corrected chi connectivity index (χ2v) is 5.09. The van der Waals surface area contributed by atoms with E-state index in [1.807, 2.05) is 12.1 Å². The topological polar surface area (TPSA) is 97.4 Å². The molecule has 0 saturated carbocycles. The number of anilines is 1. The third-order valence-electron chi connectivity index (χ3n) is 3.69. The molecule has 0 spiro atoms. The van der Waals surface area contributed by atoms with E-state index in [-0.39, 0.29) is 37.9 Å². The lowest BCUT2D eigenvalue weighted by molar-refractivity contribution is -0.134. The third-order valence-corrected chi connectivity index (χ3v) is 3.69. The summed E-state index contributed by atoms with van der Waals surface area (Å²) in [5.41, 5.74) is 0.613. The van der Waals surface area contributed by atoms with E-state index in [2.05, 4.69) is 0 Å². The molecule has 7 nitrogen and oxygen atoms in total. The zero-order valence-electron chi connectivity index (χ0n) is 12.7. The Morgan fingerprint density at radius 3 is 2.61 bits per heavy atom. The Bertz CT molecular complexity index is 673. The summed E-state index contributed by atoms with van der Waals surface area (Å²) >= 11 is 0. The van der Waals surface area contributed by atoms with Crippen molar-refractivity contribution >= 4 is 17.5 Å². The van der Waals surface area contributed by atoms with Crippen LogP contribution in [-0.2, 0) is 9.59 Å². The highest BCUT2D eigenvalue weighted by Crippen LogP contribution is 2.33. The highest BCUT2D eigenvalue weighted by atomic mass is 16.5. The van der Waals surface area contributed by atoms with E-state index in [1.54, 1.807) is 24.3 Å². The van der Waals surface area contributed by atoms with Gasteiger partial charge in [0.25, 0.3) is 0 Å². The van der Waals surface area contributed by atoms with Crippen molar-refractivity contribution in [3.8, 4) is 17.9 Å². The second-order valence-electron chi connectivity index (χ2n) is 5.09. The predicted octanol–water partition coefficient (Wildman–Crippen LogP) is 0.924. The summed E-state index contributed by atoms with van der Waals surface area (Å²) in [6, 6.07) is 10.8. The molecular formula is C16H16N4O3. The van der Waals surface area contributed by atoms with Gasteiger partial charge in [-0.2, -0.15) is 10.5 Å². The van der Waals surface area contributed by atoms with Crippen LogP contribution in [-0.4, -0.2) is 43.5 Å². The van der Waals surface area contributed by atoms with E-state index in [0.29, 0.717) is 11.4 Å². The quantitative estimate of drug-likeness (QED) is 0.753. The molecule has 0 aliphatic carbocycles. The van der Waals surface area contributed by atoms with Gasteiger partial charge in [-0.05, 0) is 12.1 Å². The first-order valence-corrected chi connectivity index (χ1v) is 7.08. The number of carbonyl (C=O) groups is 2. The summed E-state index contributed by atoms with van der Waals surface area (Å²) in [5.74, 6) is -0.533. The van der Waals surface area contributed by atoms with E-state index in [4.69, 9.17) is 15.3 Å². The van der Waals surface area contributed by atoms with E-state index < -0.39 is 5.92 Å². The molecule has 1 aliphatic heterocycles. The summed E-state index contributed by atoms with van der Waals surface area (Å²) in [5, 5.41) is 17.5. The zero-order chi connectivity index (χ0) is 16.8. The predicted molar refractivity (Wildman–Crippen MR) is 81.3 cm³/mol. The molecule has 1 aliphatic rings. The Labute approximate surface area is 134 Å². The molecule has 0 unspecified atom stereocenters. The summed E-state index contributed by atoms with van der Waals surface area (Å²) in [4.78, 5) is 27.4. The highest BCUT2D eigenvalue weighted by molar-refractivity contribution is 6.01. The Morgan fingerprint density at radius 2 is 2.00 bits per heavy atom. The fourth-order valence-electron chi connectivity index (χ4n) is 2.60. The van der Waals surface area contributed by atoms with Crippen LogP contribution in [0.5, 0.6) is 5.75 Å². The smallest absolute Gasteiger partial charge is 0.229 e. The van der Waals surface area contributed by atoms with Gasteiger partial charge in [-0.15, -0.1) is 0 Å². The number of para-hydroxylation sites is 2. The molecule has 1 atom stereocenters. The van der Waals surface area contributed by atoms with Crippen LogP contribution in [0.25, 0.3) is 0 Å². The molecule has 1 fully saturated rings. The van der Waals surface area contributed by atoms with Crippen molar-refractivity contribution in [3.63, 3.8) is 0 Å². The normalized spacial score (nSPS) is 16.6. The number of ether oxygens (including phenoxy) is 1. The number of nitriles is 2. The van der Waals surface area contributed by atoms with E-state index in [9.17, 15) is 9.59 Å². The average molecular weight is 312 g/mol. The molecular weight excluding hydrogens is 296 g/mol. The van der Waals surface area contributed by atoms with E-state index >= 15 is 0 Å². The Morgan fingerprint density at radius 1 is 1.35 bits per heavy atom. The van der Waals surface area contributed by atoms with Crippen molar-refractivity contribution in [1.29, 1.82) is 10.5 Å². The molecule has 2 amide bonds. The van der Waals surface area contributed by atoms with Crippen molar-refractivity contribution in [3.05, 3.63) is 24.3 Å². The van der Waals surface area contributed by atoms with Gasteiger partial charge < -0.3 is 14.5 Å². The van der Waals surface area contributed by atoms with Crippen molar-refractivity contribution in [2.45, 2.75) is 6.42 Å². The maximum atomic E-state index is 12.4. The SMILES string of the molecule is COc1ccccc1N1C[C@@H](C(=O)N(CC#N)CC#N)CC1=O. The van der Waals surface area contributed by atoms with Crippen LogP contribution in [0.15, 0.2) is 24.3 Å². The largest absolute Gasteiger partial charge is 0.495 e. The summed E-state index contributed by atoms with van der Waals surface area (Å²) < 4.78 is 5.25. The number of carbonyl (C=O) groups excluding carboxylic acids is 2. The molecule has 0 bridgehead atoms. The summed E-state index contributed by atoms with van der Waals surface area (Å²) in [6.45, 7) is -0.108. The van der Waals surface area contributed by atoms with Gasteiger partial charge in [-0.1, -0.05) is 12.1 Å². The van der Waals surface area contributed by atoms with Gasteiger partial charge in [0.15, 0.2) is 0 Å². The molecule has 7 heteroatoms. The molecule has 1 heterocycles. The van der Waals surface area contributed by atoms with Crippen LogP contribution in [0.2, 0.25) is 0 Å². The van der Waals surface area contributed by atoms with Gasteiger partial charge in [-0.25, -0.2) is 0 Å². The number of benzene rings is 1. The van der Waals surface area contributed by atoms with Crippen molar-refractivity contribution in [1.82, 2.24) is 4.90 Å². The minimum absolute atomic E-state index is 0.0598. The monoisotopic (exact) mass is 312 g/mol. The average Bonchev–Trinajstić information content (AvgIpc) is 2.95. The Hall–Kier alpha value is -3.06. The molecule has 118 valence electrons. The number of nitrogens with zero attached hydrogens (tertiary/aromatic N) is 4. The second kappa shape index (κ2) is 7.28. The first-order chi connectivity index (χ1) is 11.1. The summed E-state index contributed by atoms with van der Waals surface area (Å²) in [6.07, 6.45) is 0.0598. The van der Waals surface area contributed by atoms with Crippen molar-refractivity contribution < 1.29 is 14.3 Å². The Kier molecular flexibility index (Phi) is 5.16. The molecule has 1 aromatic rings. The molecule has 2 rings (SSSR count). The molecule has 0 aromatic heterocycles. The van der Waals surface area contributed by atoms with Gasteiger partial charge in [0.05, 0.1) is 30.9 Å². The fraction of sp³-hybridized carbons (Fsp3) is 0.375. The number of hydrogen-bond donors (Lipinski definition) is 0. The number of rotatable bonds is 5. The van der Waals surface area contributed by atoms with Gasteiger partial charge >= 0.3 is 0 Å². The molecule has 23 heavy (non-hydrogen) atoms. The lowest BCUT2D eigenvalue weighted by Crippen LogP contribution is -2.38. The number of amides is 2. The van der Waals surface area contributed by atoms with Gasteiger partial charge in [0, 0.05) is 13.0 Å². The maximum absolute atomic E-state index is 12.4. The van der Waals surface area contributed by atoms with Crippen LogP contribution in [0.4, 0.5) is 5.69 Å². The standard InChI is InChI=1S/C16H16N4O3/c1-23-14-5-3-2-4-13(14)20-11-12(10-15(20)21)16(22)19(8-6-17)9-7-18/h2-5,12H,8-11H2,1H3/t12-/m0/s1. The lowest BCUT2D eigenvalue weighted by Gasteiger charge is -2.21. The van der Waals surface area contributed by atoms with E-state index in [1.165, 1.54) is 16.9 Å². The minimum Gasteiger partial charge on any atom is -0.495 e. The maximum Gasteiger partial charge on any atom is 0.229 e. The molecule has 1 aromatic carbocycles. The fourth-order valence-corrected chi connectivity index (χ4v) is 2.60. The van der Waals surface area contributed by atoms with Crippen LogP contribution in [0.3, 0.4) is 0 Å². The molecule has 0 radical (unpaired) electrons. The van der Waals surface area contributed by atoms with Crippen LogP contribution in [0.1, 0.15) is 6.42 Å². The first-order valence-electron chi connectivity index (χ1n) is 7.08. The van der Waals surface area contributed by atoms with Crippen LogP contribution < -0.4 is 9.64 Å². The number of hydrogen-bond acceptors (Lipinski definition) is 5. The van der Waals surface area contributed by atoms with Crippen LogP contribution >= 0.6 is 0 Å². The van der Waals surface area contributed by atoms with Gasteiger partial charge in [0.2, 0.25) is 11.8 Å². The Balaban J connectivity index is 2.18. The lowest BCUT2D eigenvalue weighted by atomic mass is 10.1.